The maximum Gasteiger partial charge on any atom is 0.110 e. The summed E-state index contributed by atoms with van der Waals surface area (Å²) in [7, 11) is 0. The smallest absolute Gasteiger partial charge is 0.110 e. The van der Waals surface area contributed by atoms with Crippen molar-refractivity contribution >= 4 is 11.0 Å². The Hall–Kier alpha value is -1.35. The molecule has 1 aromatic carbocycles. The maximum absolute atomic E-state index is 6.16. The summed E-state index contributed by atoms with van der Waals surface area (Å²) in [5.74, 6) is 1.79. The number of fused-ring (bicyclic) bond motifs is 1. The van der Waals surface area contributed by atoms with E-state index in [0.29, 0.717) is 5.92 Å². The largest absolute Gasteiger partial charge is 0.342 e. The molecule has 3 nitrogen and oxygen atoms in total. The molecular weight excluding hydrogens is 234 g/mol. The van der Waals surface area contributed by atoms with E-state index in [1.54, 1.807) is 0 Å². The first-order valence-corrected chi connectivity index (χ1v) is 7.33. The minimum absolute atomic E-state index is 0.301. The van der Waals surface area contributed by atoms with E-state index in [1.807, 2.05) is 13.8 Å². The van der Waals surface area contributed by atoms with Crippen molar-refractivity contribution < 1.29 is 0 Å². The third kappa shape index (κ3) is 2.52. The van der Waals surface area contributed by atoms with Crippen molar-refractivity contribution in [3.8, 4) is 0 Å². The molecule has 0 radical (unpaired) electrons. The molecule has 102 valence electrons. The molecule has 0 atom stereocenters. The average molecular weight is 257 g/mol. The van der Waals surface area contributed by atoms with E-state index in [1.165, 1.54) is 37.9 Å². The van der Waals surface area contributed by atoms with E-state index in [4.69, 9.17) is 10.7 Å². The van der Waals surface area contributed by atoms with Crippen molar-refractivity contribution in [2.75, 3.05) is 0 Å². The van der Waals surface area contributed by atoms with Gasteiger partial charge in [-0.15, -0.1) is 0 Å². The third-order valence-electron chi connectivity index (χ3n) is 4.24. The highest BCUT2D eigenvalue weighted by Gasteiger charge is 2.20. The molecule has 0 saturated heterocycles. The summed E-state index contributed by atoms with van der Waals surface area (Å²) in [5, 5.41) is 0. The second kappa shape index (κ2) is 4.64. The zero-order chi connectivity index (χ0) is 13.5. The van der Waals surface area contributed by atoms with Crippen molar-refractivity contribution in [3.05, 3.63) is 29.6 Å². The van der Waals surface area contributed by atoms with Crippen LogP contribution in [-0.4, -0.2) is 9.97 Å². The van der Waals surface area contributed by atoms with Gasteiger partial charge in [0.05, 0.1) is 11.0 Å². The lowest BCUT2D eigenvalue weighted by atomic mass is 9.89. The number of benzene rings is 1. The average Bonchev–Trinajstić information content (AvgIpc) is 2.81. The Bertz CT molecular complexity index is 571. The van der Waals surface area contributed by atoms with Gasteiger partial charge >= 0.3 is 0 Å². The predicted octanol–water partition coefficient (Wildman–Crippen LogP) is 3.80. The molecule has 0 unspecified atom stereocenters. The van der Waals surface area contributed by atoms with Gasteiger partial charge in [0.15, 0.2) is 0 Å². The van der Waals surface area contributed by atoms with Gasteiger partial charge in [-0.05, 0) is 44.4 Å². The van der Waals surface area contributed by atoms with Crippen LogP contribution in [0.2, 0.25) is 0 Å². The zero-order valence-corrected chi connectivity index (χ0v) is 11.9. The van der Waals surface area contributed by atoms with E-state index in [9.17, 15) is 0 Å². The van der Waals surface area contributed by atoms with Crippen LogP contribution >= 0.6 is 0 Å². The molecule has 0 bridgehead atoms. The molecule has 1 fully saturated rings. The molecule has 2 aromatic rings. The molecule has 0 aliphatic heterocycles. The highest BCUT2D eigenvalue weighted by atomic mass is 14.9. The van der Waals surface area contributed by atoms with Gasteiger partial charge in [-0.25, -0.2) is 4.98 Å². The highest BCUT2D eigenvalue weighted by molar-refractivity contribution is 5.76. The lowest BCUT2D eigenvalue weighted by Gasteiger charge is -2.19. The SMILES string of the molecule is CC(C)(N)c1ccc2nc(C3CCCCC3)[nH]c2c1. The number of imidazole rings is 1. The summed E-state index contributed by atoms with van der Waals surface area (Å²) in [4.78, 5) is 8.27. The fraction of sp³-hybridized carbons (Fsp3) is 0.562. The van der Waals surface area contributed by atoms with Gasteiger partial charge < -0.3 is 10.7 Å². The third-order valence-corrected chi connectivity index (χ3v) is 4.24. The van der Waals surface area contributed by atoms with E-state index in [2.05, 4.69) is 23.2 Å². The van der Waals surface area contributed by atoms with Crippen LogP contribution in [0.4, 0.5) is 0 Å². The van der Waals surface area contributed by atoms with Gasteiger partial charge in [-0.2, -0.15) is 0 Å². The number of hydrogen-bond acceptors (Lipinski definition) is 2. The van der Waals surface area contributed by atoms with Gasteiger partial charge in [0.25, 0.3) is 0 Å². The lowest BCUT2D eigenvalue weighted by molar-refractivity contribution is 0.431. The highest BCUT2D eigenvalue weighted by Crippen LogP contribution is 2.32. The van der Waals surface area contributed by atoms with Crippen molar-refractivity contribution in [1.29, 1.82) is 0 Å². The Morgan fingerprint density at radius 2 is 1.95 bits per heavy atom. The van der Waals surface area contributed by atoms with Gasteiger partial charge in [0.2, 0.25) is 0 Å². The standard InChI is InChI=1S/C16H23N3/c1-16(2,17)12-8-9-13-14(10-12)19-15(18-13)11-6-4-3-5-7-11/h8-11H,3-7,17H2,1-2H3,(H,18,19). The Kier molecular flexibility index (Phi) is 3.09. The predicted molar refractivity (Wildman–Crippen MR) is 79.1 cm³/mol. The quantitative estimate of drug-likeness (QED) is 0.859. The Balaban J connectivity index is 1.96. The summed E-state index contributed by atoms with van der Waals surface area (Å²) in [6, 6.07) is 6.32. The van der Waals surface area contributed by atoms with Gasteiger partial charge in [-0.3, -0.25) is 0 Å². The first-order valence-electron chi connectivity index (χ1n) is 7.33. The molecule has 1 heterocycles. The van der Waals surface area contributed by atoms with Crippen LogP contribution in [0.5, 0.6) is 0 Å². The van der Waals surface area contributed by atoms with Crippen LogP contribution in [0.1, 0.15) is 63.3 Å². The number of aromatic nitrogens is 2. The molecule has 0 amide bonds. The number of hydrogen-bond donors (Lipinski definition) is 2. The fourth-order valence-corrected chi connectivity index (χ4v) is 3.00. The molecule has 0 spiro atoms. The molecule has 1 aromatic heterocycles. The number of nitrogens with two attached hydrogens (primary N) is 1. The molecule has 1 saturated carbocycles. The fourth-order valence-electron chi connectivity index (χ4n) is 3.00. The summed E-state index contributed by atoms with van der Waals surface area (Å²) < 4.78 is 0. The van der Waals surface area contributed by atoms with Gasteiger partial charge in [0.1, 0.15) is 5.82 Å². The molecule has 3 heteroatoms. The minimum atomic E-state index is -0.301. The van der Waals surface area contributed by atoms with Crippen LogP contribution in [0, 0.1) is 0 Å². The van der Waals surface area contributed by atoms with Gasteiger partial charge in [0, 0.05) is 11.5 Å². The molecule has 1 aliphatic rings. The number of nitrogens with one attached hydrogen (secondary N) is 1. The van der Waals surface area contributed by atoms with E-state index in [0.717, 1.165) is 16.6 Å². The number of H-pyrrole nitrogens is 1. The summed E-state index contributed by atoms with van der Waals surface area (Å²) in [6.45, 7) is 4.07. The Morgan fingerprint density at radius 3 is 2.63 bits per heavy atom. The number of rotatable bonds is 2. The molecular formula is C16H23N3. The van der Waals surface area contributed by atoms with Gasteiger partial charge in [-0.1, -0.05) is 25.3 Å². The second-order valence-corrected chi connectivity index (χ2v) is 6.41. The van der Waals surface area contributed by atoms with E-state index in [-0.39, 0.29) is 5.54 Å². The van der Waals surface area contributed by atoms with E-state index < -0.39 is 0 Å². The maximum atomic E-state index is 6.16. The van der Waals surface area contributed by atoms with Crippen molar-refractivity contribution in [1.82, 2.24) is 9.97 Å². The molecule has 3 N–H and O–H groups in total. The van der Waals surface area contributed by atoms with Crippen molar-refractivity contribution in [2.24, 2.45) is 5.73 Å². The summed E-state index contributed by atoms with van der Waals surface area (Å²) in [6.07, 6.45) is 6.60. The molecule has 3 rings (SSSR count). The van der Waals surface area contributed by atoms with Crippen LogP contribution in [0.25, 0.3) is 11.0 Å². The number of aromatic amines is 1. The second-order valence-electron chi connectivity index (χ2n) is 6.41. The Morgan fingerprint density at radius 1 is 1.21 bits per heavy atom. The number of nitrogens with zero attached hydrogens (tertiary/aromatic N) is 1. The van der Waals surface area contributed by atoms with Crippen LogP contribution in [0.3, 0.4) is 0 Å². The molecule has 1 aliphatic carbocycles. The van der Waals surface area contributed by atoms with Crippen molar-refractivity contribution in [2.45, 2.75) is 57.4 Å². The van der Waals surface area contributed by atoms with Crippen LogP contribution in [-0.2, 0) is 5.54 Å². The topological polar surface area (TPSA) is 54.7 Å². The molecule has 19 heavy (non-hydrogen) atoms. The normalized spacial score (nSPS) is 18.1. The first-order chi connectivity index (χ1) is 9.04. The zero-order valence-electron chi connectivity index (χ0n) is 11.9. The lowest BCUT2D eigenvalue weighted by Crippen LogP contribution is -2.28. The van der Waals surface area contributed by atoms with Crippen LogP contribution in [0.15, 0.2) is 18.2 Å². The summed E-state index contributed by atoms with van der Waals surface area (Å²) in [5.41, 5.74) is 9.20. The Labute approximate surface area is 114 Å². The minimum Gasteiger partial charge on any atom is -0.342 e. The van der Waals surface area contributed by atoms with Crippen LogP contribution < -0.4 is 5.73 Å². The van der Waals surface area contributed by atoms with E-state index >= 15 is 0 Å². The van der Waals surface area contributed by atoms with Crippen molar-refractivity contribution in [3.63, 3.8) is 0 Å². The monoisotopic (exact) mass is 257 g/mol. The first kappa shape index (κ1) is 12.7. The summed E-state index contributed by atoms with van der Waals surface area (Å²) >= 11 is 0.